The van der Waals surface area contributed by atoms with Gasteiger partial charge < -0.3 is 9.13 Å². The van der Waals surface area contributed by atoms with E-state index >= 15 is 0 Å². The summed E-state index contributed by atoms with van der Waals surface area (Å²) >= 11 is 3.31. The van der Waals surface area contributed by atoms with E-state index in [1.54, 1.807) is 23.1 Å². The number of fused-ring (bicyclic) bond motifs is 2. The lowest BCUT2D eigenvalue weighted by Gasteiger charge is -2.10. The highest BCUT2D eigenvalue weighted by Gasteiger charge is 2.14. The largest absolute Gasteiger partial charge is 0.343 e. The first-order valence-corrected chi connectivity index (χ1v) is 18.2. The Hall–Kier alpha value is -2.91. The van der Waals surface area contributed by atoms with E-state index in [0.717, 1.165) is 29.6 Å². The van der Waals surface area contributed by atoms with Crippen molar-refractivity contribution in [2.24, 2.45) is 12.0 Å². The first kappa shape index (κ1) is 30.5. The summed E-state index contributed by atoms with van der Waals surface area (Å²) in [5.74, 6) is 2.12. The summed E-state index contributed by atoms with van der Waals surface area (Å²) in [6.45, 7) is 10.3. The lowest BCUT2D eigenvalue weighted by Crippen LogP contribution is -2.26. The van der Waals surface area contributed by atoms with Crippen LogP contribution in [0.2, 0.25) is 0 Å². The van der Waals surface area contributed by atoms with Gasteiger partial charge in [0.1, 0.15) is 7.05 Å². The molecule has 0 radical (unpaired) electrons. The number of rotatable bonds is 12. The van der Waals surface area contributed by atoms with Crippen molar-refractivity contribution in [2.75, 3.05) is 18.6 Å². The van der Waals surface area contributed by atoms with Crippen LogP contribution in [0.3, 0.4) is 0 Å². The van der Waals surface area contributed by atoms with Crippen LogP contribution in [0.15, 0.2) is 83.2 Å². The van der Waals surface area contributed by atoms with Crippen LogP contribution in [0.25, 0.3) is 40.0 Å². The van der Waals surface area contributed by atoms with E-state index < -0.39 is 0 Å². The monoisotopic (exact) mass is 629 g/mol. The second-order valence-electron chi connectivity index (χ2n) is 9.84. The van der Waals surface area contributed by atoms with E-state index in [2.05, 4.69) is 131 Å². The highest BCUT2D eigenvalue weighted by Crippen LogP contribution is 2.31. The Morgan fingerprint density at radius 1 is 0.881 bits per heavy atom. The number of benzene rings is 2. The molecule has 42 heavy (non-hydrogen) atoms. The minimum Gasteiger partial charge on any atom is -0.343 e. The summed E-state index contributed by atoms with van der Waals surface area (Å²) in [7, 11) is 7.85. The highest BCUT2D eigenvalue weighted by molar-refractivity contribution is 8.76. The lowest BCUT2D eigenvalue weighted by molar-refractivity contribution is -0.668. The van der Waals surface area contributed by atoms with Gasteiger partial charge in [0.05, 0.1) is 10.4 Å². The SMILES string of the molecule is C=CSC(/C=C/c1c(C)n(CCSSCCn2c(C)c(/C=C/c3scc[n+]3C)c3ccccc32)c2ccccc12)=NC. The van der Waals surface area contributed by atoms with Crippen LogP contribution in [0, 0.1) is 13.8 Å². The predicted octanol–water partition coefficient (Wildman–Crippen LogP) is 9.27. The maximum Gasteiger partial charge on any atom is 0.261 e. The highest BCUT2D eigenvalue weighted by atomic mass is 33.1. The summed E-state index contributed by atoms with van der Waals surface area (Å²) in [5, 5.41) is 8.76. The van der Waals surface area contributed by atoms with Crippen LogP contribution in [-0.4, -0.2) is 32.7 Å². The van der Waals surface area contributed by atoms with Crippen molar-refractivity contribution in [2.45, 2.75) is 26.9 Å². The van der Waals surface area contributed by atoms with Crippen molar-refractivity contribution < 1.29 is 4.57 Å². The van der Waals surface area contributed by atoms with Gasteiger partial charge in [-0.05, 0) is 49.6 Å². The maximum atomic E-state index is 4.36. The molecule has 0 saturated heterocycles. The van der Waals surface area contributed by atoms with Crippen LogP contribution in [-0.2, 0) is 20.1 Å². The van der Waals surface area contributed by atoms with Gasteiger partial charge in [0.15, 0.2) is 6.20 Å². The number of nitrogens with zero attached hydrogens (tertiary/aromatic N) is 4. The van der Waals surface area contributed by atoms with Crippen LogP contribution >= 0.6 is 44.7 Å². The summed E-state index contributed by atoms with van der Waals surface area (Å²) < 4.78 is 7.11. The molecule has 5 aromatic rings. The van der Waals surface area contributed by atoms with Gasteiger partial charge in [-0.25, -0.2) is 0 Å². The van der Waals surface area contributed by atoms with Crippen molar-refractivity contribution in [3.05, 3.63) is 106 Å². The van der Waals surface area contributed by atoms with Gasteiger partial charge >= 0.3 is 0 Å². The molecule has 0 bridgehead atoms. The molecule has 0 aliphatic rings. The number of thioether (sulfide) groups is 1. The molecule has 3 heterocycles. The molecule has 4 nitrogen and oxygen atoms in total. The van der Waals surface area contributed by atoms with Crippen molar-refractivity contribution in [3.8, 4) is 0 Å². The Morgan fingerprint density at radius 3 is 1.98 bits per heavy atom. The van der Waals surface area contributed by atoms with Gasteiger partial charge in [-0.3, -0.25) is 4.99 Å². The number of aliphatic imine (C=N–C) groups is 1. The number of para-hydroxylation sites is 2. The quantitative estimate of drug-likeness (QED) is 0.0452. The third-order valence-electron chi connectivity index (χ3n) is 7.47. The molecule has 0 unspecified atom stereocenters. The standard InChI is InChI=1S/C34H37N4S4/c1-6-39-33(35-4)17-15-27-25(2)37(31-13-9-7-11-29(27)31)20-23-41-42-24-21-38-26(3)28(30-12-8-10-14-32(30)38)16-18-34-36(5)19-22-40-34/h6-19,22H,1,20-21,23-24H2,2-5H3/q+1/b17-15+,35-33?. The first-order valence-electron chi connectivity index (χ1n) is 14.0. The van der Waals surface area contributed by atoms with E-state index in [4.69, 9.17) is 0 Å². The van der Waals surface area contributed by atoms with Crippen molar-refractivity contribution in [3.63, 3.8) is 0 Å². The molecule has 5 rings (SSSR count). The molecular formula is C34H37N4S4+. The molecule has 0 N–H and O–H groups in total. The molecule has 0 aliphatic carbocycles. The zero-order valence-electron chi connectivity index (χ0n) is 24.6. The molecule has 0 fully saturated rings. The summed E-state index contributed by atoms with van der Waals surface area (Å²) in [5.41, 5.74) is 7.81. The van der Waals surface area contributed by atoms with Crippen LogP contribution in [0.4, 0.5) is 0 Å². The van der Waals surface area contributed by atoms with E-state index in [1.165, 1.54) is 49.3 Å². The molecule has 0 saturated carbocycles. The third kappa shape index (κ3) is 6.67. The first-order chi connectivity index (χ1) is 20.5. The van der Waals surface area contributed by atoms with Gasteiger partial charge in [-0.1, -0.05) is 87.7 Å². The van der Waals surface area contributed by atoms with Gasteiger partial charge in [0.2, 0.25) is 0 Å². The second kappa shape index (κ2) is 14.5. The Labute approximate surface area is 265 Å². The zero-order valence-corrected chi connectivity index (χ0v) is 27.9. The lowest BCUT2D eigenvalue weighted by atomic mass is 10.1. The normalized spacial score (nSPS) is 12.5. The van der Waals surface area contributed by atoms with Crippen LogP contribution in [0.5, 0.6) is 0 Å². The Bertz CT molecular complexity index is 1780. The smallest absolute Gasteiger partial charge is 0.261 e. The van der Waals surface area contributed by atoms with Gasteiger partial charge in [0.25, 0.3) is 5.01 Å². The van der Waals surface area contributed by atoms with E-state index in [0.29, 0.717) is 0 Å². The zero-order chi connectivity index (χ0) is 29.5. The number of hydrogen-bond acceptors (Lipinski definition) is 5. The molecule has 0 amide bonds. The van der Waals surface area contributed by atoms with Gasteiger partial charge in [-0.15, -0.1) is 0 Å². The van der Waals surface area contributed by atoms with Crippen molar-refractivity contribution in [1.82, 2.24) is 9.13 Å². The fourth-order valence-corrected chi connectivity index (χ4v) is 8.44. The van der Waals surface area contributed by atoms with Gasteiger partial charge in [0, 0.05) is 82.0 Å². The average molecular weight is 630 g/mol. The van der Waals surface area contributed by atoms with E-state index in [9.17, 15) is 0 Å². The summed E-state index contributed by atoms with van der Waals surface area (Å²) in [4.78, 5) is 4.36. The Kier molecular flexibility index (Phi) is 10.6. The summed E-state index contributed by atoms with van der Waals surface area (Å²) in [6, 6.07) is 17.5. The average Bonchev–Trinajstić information content (AvgIpc) is 3.63. The number of aromatic nitrogens is 3. The molecule has 0 atom stereocenters. The molecule has 216 valence electrons. The molecule has 8 heteroatoms. The van der Waals surface area contributed by atoms with E-state index in [1.807, 2.05) is 34.0 Å². The number of hydrogen-bond donors (Lipinski definition) is 0. The fourth-order valence-electron chi connectivity index (χ4n) is 5.35. The van der Waals surface area contributed by atoms with E-state index in [-0.39, 0.29) is 0 Å². The molecular weight excluding hydrogens is 593 g/mol. The molecule has 2 aromatic carbocycles. The van der Waals surface area contributed by atoms with Crippen LogP contribution < -0.4 is 4.57 Å². The molecule has 0 spiro atoms. The fraction of sp³-hybridized carbons (Fsp3) is 0.235. The van der Waals surface area contributed by atoms with Gasteiger partial charge in [-0.2, -0.15) is 4.57 Å². The van der Waals surface area contributed by atoms with Crippen LogP contribution in [0.1, 0.15) is 27.5 Å². The molecule has 0 aliphatic heterocycles. The second-order valence-corrected chi connectivity index (χ2v) is 14.5. The Balaban J connectivity index is 1.23. The number of aryl methyl sites for hydroxylation is 3. The van der Waals surface area contributed by atoms with Crippen molar-refractivity contribution >= 4 is 89.8 Å². The maximum absolute atomic E-state index is 4.36. The number of thiazole rings is 1. The summed E-state index contributed by atoms with van der Waals surface area (Å²) in [6.07, 6.45) is 10.9. The topological polar surface area (TPSA) is 26.1 Å². The molecule has 3 aromatic heterocycles. The third-order valence-corrected chi connectivity index (χ3v) is 11.5. The van der Waals surface area contributed by atoms with Crippen molar-refractivity contribution in [1.29, 1.82) is 0 Å². The minimum absolute atomic E-state index is 0.957. The Morgan fingerprint density at radius 2 is 1.45 bits per heavy atom. The minimum atomic E-state index is 0.957. The predicted molar refractivity (Wildman–Crippen MR) is 193 cm³/mol.